The normalized spacial score (nSPS) is 15.1. The SMILES string of the molecule is COc1cc(-c2ccc3c(c2)Nc2c(cccc2OCCN2CCOCC2)NC3=O)ccc1[N+](=O)[O-]. The molecule has 1 amide bonds. The molecule has 0 bridgehead atoms. The van der Waals surface area contributed by atoms with E-state index in [2.05, 4.69) is 15.5 Å². The Labute approximate surface area is 207 Å². The molecule has 2 aliphatic heterocycles. The van der Waals surface area contributed by atoms with E-state index in [0.29, 0.717) is 35.0 Å². The molecule has 0 unspecified atom stereocenters. The predicted octanol–water partition coefficient (Wildman–Crippen LogP) is 4.29. The minimum absolute atomic E-state index is 0.110. The van der Waals surface area contributed by atoms with Gasteiger partial charge in [0.05, 0.1) is 42.2 Å². The van der Waals surface area contributed by atoms with Crippen molar-refractivity contribution in [3.63, 3.8) is 0 Å². The van der Waals surface area contributed by atoms with Gasteiger partial charge in [0, 0.05) is 25.7 Å². The number of fused-ring (bicyclic) bond motifs is 2. The van der Waals surface area contributed by atoms with Gasteiger partial charge < -0.3 is 24.8 Å². The molecule has 5 rings (SSSR count). The van der Waals surface area contributed by atoms with Gasteiger partial charge in [0.2, 0.25) is 0 Å². The van der Waals surface area contributed by atoms with Crippen LogP contribution in [0.5, 0.6) is 11.5 Å². The van der Waals surface area contributed by atoms with Crippen LogP contribution in [0.1, 0.15) is 10.4 Å². The van der Waals surface area contributed by atoms with E-state index in [-0.39, 0.29) is 17.3 Å². The first kappa shape index (κ1) is 23.6. The number of nitro groups is 1. The summed E-state index contributed by atoms with van der Waals surface area (Å²) in [5.41, 5.74) is 3.76. The first-order valence-corrected chi connectivity index (χ1v) is 11.6. The average molecular weight is 491 g/mol. The van der Waals surface area contributed by atoms with Crippen molar-refractivity contribution < 1.29 is 23.9 Å². The second-order valence-electron chi connectivity index (χ2n) is 8.46. The van der Waals surface area contributed by atoms with Crippen molar-refractivity contribution in [3.05, 3.63) is 70.3 Å². The topological polar surface area (TPSA) is 115 Å². The fourth-order valence-electron chi connectivity index (χ4n) is 4.35. The van der Waals surface area contributed by atoms with Crippen molar-refractivity contribution in [2.24, 2.45) is 0 Å². The maximum Gasteiger partial charge on any atom is 0.310 e. The largest absolute Gasteiger partial charge is 0.490 e. The molecule has 186 valence electrons. The van der Waals surface area contributed by atoms with Gasteiger partial charge in [-0.1, -0.05) is 12.1 Å². The average Bonchev–Trinajstić information content (AvgIpc) is 3.04. The number of carbonyl (C=O) groups is 1. The Kier molecular flexibility index (Phi) is 6.70. The number of ether oxygens (including phenoxy) is 3. The van der Waals surface area contributed by atoms with E-state index >= 15 is 0 Å². The number of nitro benzene ring substituents is 1. The summed E-state index contributed by atoms with van der Waals surface area (Å²) < 4.78 is 16.7. The van der Waals surface area contributed by atoms with E-state index in [0.717, 1.165) is 44.0 Å². The molecule has 0 atom stereocenters. The van der Waals surface area contributed by atoms with E-state index in [9.17, 15) is 14.9 Å². The standard InChI is InChI=1S/C26H26N4O6/c1-34-24-16-18(6-8-22(24)30(32)33)17-5-7-19-21(15-17)27-25-20(28-26(19)31)3-2-4-23(25)36-14-11-29-9-12-35-13-10-29/h2-8,15-16,27H,9-14H2,1H3,(H,28,31). The number of nitrogens with one attached hydrogen (secondary N) is 2. The third-order valence-electron chi connectivity index (χ3n) is 6.28. The highest BCUT2D eigenvalue weighted by atomic mass is 16.6. The Balaban J connectivity index is 1.42. The first-order valence-electron chi connectivity index (χ1n) is 11.6. The number of anilines is 3. The summed E-state index contributed by atoms with van der Waals surface area (Å²) in [6.45, 7) is 4.51. The third-order valence-corrected chi connectivity index (χ3v) is 6.28. The summed E-state index contributed by atoms with van der Waals surface area (Å²) in [4.78, 5) is 26.0. The van der Waals surface area contributed by atoms with Crippen molar-refractivity contribution >= 4 is 28.7 Å². The Morgan fingerprint density at radius 2 is 1.78 bits per heavy atom. The number of carbonyl (C=O) groups excluding carboxylic acids is 1. The van der Waals surface area contributed by atoms with Crippen molar-refractivity contribution in [2.75, 3.05) is 57.2 Å². The maximum atomic E-state index is 13.0. The summed E-state index contributed by atoms with van der Waals surface area (Å²) in [5.74, 6) is 0.560. The smallest absolute Gasteiger partial charge is 0.310 e. The molecule has 3 aromatic rings. The van der Waals surface area contributed by atoms with E-state index in [1.807, 2.05) is 24.3 Å². The molecule has 0 saturated carbocycles. The molecular formula is C26H26N4O6. The van der Waals surface area contributed by atoms with Crippen LogP contribution in [0.15, 0.2) is 54.6 Å². The fraction of sp³-hybridized carbons (Fsp3) is 0.269. The van der Waals surface area contributed by atoms with Crippen molar-refractivity contribution in [1.29, 1.82) is 0 Å². The van der Waals surface area contributed by atoms with Crippen LogP contribution in [0, 0.1) is 10.1 Å². The van der Waals surface area contributed by atoms with Gasteiger partial charge in [0.15, 0.2) is 5.75 Å². The number of rotatable bonds is 7. The van der Waals surface area contributed by atoms with E-state index in [1.165, 1.54) is 13.2 Å². The van der Waals surface area contributed by atoms with Gasteiger partial charge >= 0.3 is 5.69 Å². The van der Waals surface area contributed by atoms with Crippen LogP contribution in [0.2, 0.25) is 0 Å². The minimum Gasteiger partial charge on any atom is -0.490 e. The van der Waals surface area contributed by atoms with Crippen LogP contribution in [0.3, 0.4) is 0 Å². The second kappa shape index (κ2) is 10.2. The molecule has 10 nitrogen and oxygen atoms in total. The van der Waals surface area contributed by atoms with Crippen LogP contribution < -0.4 is 20.1 Å². The van der Waals surface area contributed by atoms with Gasteiger partial charge in [-0.15, -0.1) is 0 Å². The lowest BCUT2D eigenvalue weighted by atomic mass is 10.0. The molecule has 2 heterocycles. The zero-order valence-electron chi connectivity index (χ0n) is 19.8. The first-order chi connectivity index (χ1) is 17.5. The maximum absolute atomic E-state index is 13.0. The number of amides is 1. The van der Waals surface area contributed by atoms with Crippen LogP contribution >= 0.6 is 0 Å². The number of para-hydroxylation sites is 1. The molecule has 0 spiro atoms. The highest BCUT2D eigenvalue weighted by Gasteiger charge is 2.23. The number of methoxy groups -OCH3 is 1. The Morgan fingerprint density at radius 1 is 1.00 bits per heavy atom. The highest BCUT2D eigenvalue weighted by Crippen LogP contribution is 2.41. The summed E-state index contributed by atoms with van der Waals surface area (Å²) >= 11 is 0. The van der Waals surface area contributed by atoms with E-state index in [1.54, 1.807) is 24.3 Å². The van der Waals surface area contributed by atoms with Gasteiger partial charge in [-0.05, 0) is 47.5 Å². The second-order valence-corrected chi connectivity index (χ2v) is 8.46. The molecule has 0 aliphatic carbocycles. The number of morpholine rings is 1. The number of hydrogen-bond donors (Lipinski definition) is 2. The van der Waals surface area contributed by atoms with Crippen molar-refractivity contribution in [3.8, 4) is 22.6 Å². The summed E-state index contributed by atoms with van der Waals surface area (Å²) in [5, 5.41) is 17.6. The summed E-state index contributed by atoms with van der Waals surface area (Å²) in [6.07, 6.45) is 0. The molecule has 10 heteroatoms. The lowest BCUT2D eigenvalue weighted by Gasteiger charge is -2.26. The lowest BCUT2D eigenvalue weighted by molar-refractivity contribution is -0.385. The number of benzene rings is 3. The van der Waals surface area contributed by atoms with Crippen molar-refractivity contribution in [1.82, 2.24) is 4.90 Å². The Morgan fingerprint density at radius 3 is 2.56 bits per heavy atom. The molecule has 2 aliphatic rings. The van der Waals surface area contributed by atoms with Gasteiger partial charge in [-0.3, -0.25) is 19.8 Å². The van der Waals surface area contributed by atoms with Crippen LogP contribution in [0.4, 0.5) is 22.7 Å². The van der Waals surface area contributed by atoms with Crippen molar-refractivity contribution in [2.45, 2.75) is 0 Å². The lowest BCUT2D eigenvalue weighted by Crippen LogP contribution is -2.38. The van der Waals surface area contributed by atoms with Gasteiger partial charge in [-0.25, -0.2) is 0 Å². The van der Waals surface area contributed by atoms with Gasteiger partial charge in [0.1, 0.15) is 18.0 Å². The number of hydrogen-bond acceptors (Lipinski definition) is 8. The molecular weight excluding hydrogens is 464 g/mol. The molecule has 1 fully saturated rings. The summed E-state index contributed by atoms with van der Waals surface area (Å²) in [6, 6.07) is 15.6. The highest BCUT2D eigenvalue weighted by molar-refractivity contribution is 6.13. The fourth-order valence-corrected chi connectivity index (χ4v) is 4.35. The Hall–Kier alpha value is -4.15. The quantitative estimate of drug-likeness (QED) is 0.372. The van der Waals surface area contributed by atoms with E-state index < -0.39 is 4.92 Å². The molecule has 3 aromatic carbocycles. The van der Waals surface area contributed by atoms with Crippen LogP contribution in [-0.2, 0) is 4.74 Å². The molecule has 36 heavy (non-hydrogen) atoms. The molecule has 1 saturated heterocycles. The molecule has 0 aromatic heterocycles. The summed E-state index contributed by atoms with van der Waals surface area (Å²) in [7, 11) is 1.40. The predicted molar refractivity (Wildman–Crippen MR) is 136 cm³/mol. The van der Waals surface area contributed by atoms with Crippen LogP contribution in [-0.4, -0.2) is 62.3 Å². The molecule has 0 radical (unpaired) electrons. The third kappa shape index (κ3) is 4.81. The number of nitrogens with zero attached hydrogens (tertiary/aromatic N) is 2. The van der Waals surface area contributed by atoms with Gasteiger partial charge in [-0.2, -0.15) is 0 Å². The van der Waals surface area contributed by atoms with Gasteiger partial charge in [0.25, 0.3) is 5.91 Å². The zero-order chi connectivity index (χ0) is 25.1. The molecule has 2 N–H and O–H groups in total. The monoisotopic (exact) mass is 490 g/mol. The Bertz CT molecular complexity index is 1310. The van der Waals surface area contributed by atoms with Crippen LogP contribution in [0.25, 0.3) is 11.1 Å². The minimum atomic E-state index is -0.483. The van der Waals surface area contributed by atoms with E-state index in [4.69, 9.17) is 14.2 Å². The zero-order valence-corrected chi connectivity index (χ0v) is 19.8.